The number of nitrogens with zero attached hydrogens (tertiary/aromatic N) is 3. The van der Waals surface area contributed by atoms with Crippen molar-refractivity contribution in [3.63, 3.8) is 0 Å². The largest absolute Gasteiger partial charge is 0.335 e. The molecule has 0 saturated carbocycles. The first-order valence-corrected chi connectivity index (χ1v) is 7.42. The lowest BCUT2D eigenvalue weighted by molar-refractivity contribution is 0.233. The molecule has 6 nitrogen and oxygen atoms in total. The Morgan fingerprint density at radius 1 is 1.33 bits per heavy atom. The van der Waals surface area contributed by atoms with Gasteiger partial charge in [0, 0.05) is 37.9 Å². The molecule has 2 N–H and O–H groups in total. The number of nitrogens with one attached hydrogen (secondary N) is 2. The van der Waals surface area contributed by atoms with Crippen LogP contribution in [-0.4, -0.2) is 31.0 Å². The summed E-state index contributed by atoms with van der Waals surface area (Å²) in [5, 5.41) is 0. The van der Waals surface area contributed by atoms with E-state index in [-0.39, 0.29) is 5.56 Å². The third kappa shape index (κ3) is 2.58. The third-order valence-corrected chi connectivity index (χ3v) is 4.47. The van der Waals surface area contributed by atoms with Crippen molar-refractivity contribution in [2.45, 2.75) is 33.4 Å². The molecule has 0 unspecified atom stereocenters. The van der Waals surface area contributed by atoms with Crippen LogP contribution in [0.1, 0.15) is 28.5 Å². The highest BCUT2D eigenvalue weighted by Crippen LogP contribution is 2.17. The van der Waals surface area contributed by atoms with Crippen LogP contribution in [-0.2, 0) is 26.6 Å². The fourth-order valence-corrected chi connectivity index (χ4v) is 2.99. The van der Waals surface area contributed by atoms with Gasteiger partial charge in [-0.1, -0.05) is 0 Å². The zero-order valence-corrected chi connectivity index (χ0v) is 13.3. The molecule has 112 valence electrons. The number of hydrogen-bond acceptors (Lipinski definition) is 4. The van der Waals surface area contributed by atoms with Crippen molar-refractivity contribution in [3.8, 4) is 0 Å². The Morgan fingerprint density at radius 3 is 2.76 bits per heavy atom. The lowest BCUT2D eigenvalue weighted by atomic mass is 10.1. The van der Waals surface area contributed by atoms with Gasteiger partial charge in [-0.3, -0.25) is 14.7 Å². The zero-order valence-electron chi connectivity index (χ0n) is 12.5. The van der Waals surface area contributed by atoms with Gasteiger partial charge >= 0.3 is 0 Å². The highest BCUT2D eigenvalue weighted by Gasteiger charge is 2.21. The molecule has 0 fully saturated rings. The number of rotatable bonds is 2. The van der Waals surface area contributed by atoms with Crippen LogP contribution in [0.15, 0.2) is 4.79 Å². The molecule has 1 aliphatic rings. The Hall–Kier alpha value is -1.73. The molecule has 0 aromatic carbocycles. The van der Waals surface area contributed by atoms with Crippen molar-refractivity contribution in [1.82, 2.24) is 24.4 Å². The second-order valence-corrected chi connectivity index (χ2v) is 5.99. The SMILES string of the molecule is Cc1nc(CN2CCc3[nH]c(=S)[nH]c(=O)c3C2)n(C)c1C. The van der Waals surface area contributed by atoms with E-state index < -0.39 is 0 Å². The minimum Gasteiger partial charge on any atom is -0.335 e. The van der Waals surface area contributed by atoms with Gasteiger partial charge in [0.2, 0.25) is 0 Å². The normalized spacial score (nSPS) is 15.2. The molecule has 1 aliphatic heterocycles. The molecular weight excluding hydrogens is 286 g/mol. The number of H-pyrrole nitrogens is 2. The maximum atomic E-state index is 12.0. The number of aromatic nitrogens is 4. The summed E-state index contributed by atoms with van der Waals surface area (Å²) in [6.45, 7) is 6.37. The topological polar surface area (TPSA) is 69.7 Å². The Labute approximate surface area is 127 Å². The first-order valence-electron chi connectivity index (χ1n) is 7.01. The highest BCUT2D eigenvalue weighted by atomic mass is 32.1. The van der Waals surface area contributed by atoms with Gasteiger partial charge in [0.05, 0.1) is 17.8 Å². The van der Waals surface area contributed by atoms with Crippen LogP contribution in [0.25, 0.3) is 0 Å². The van der Waals surface area contributed by atoms with Gasteiger partial charge in [-0.25, -0.2) is 4.98 Å². The molecule has 2 aromatic rings. The van der Waals surface area contributed by atoms with E-state index in [4.69, 9.17) is 12.2 Å². The van der Waals surface area contributed by atoms with Crippen molar-refractivity contribution >= 4 is 12.2 Å². The predicted octanol–water partition coefficient (Wildman–Crippen LogP) is 1.34. The predicted molar refractivity (Wildman–Crippen MR) is 82.7 cm³/mol. The van der Waals surface area contributed by atoms with Gasteiger partial charge in [-0.15, -0.1) is 0 Å². The summed E-state index contributed by atoms with van der Waals surface area (Å²) >= 11 is 5.02. The van der Waals surface area contributed by atoms with Crippen molar-refractivity contribution in [2.24, 2.45) is 7.05 Å². The number of aryl methyl sites for hydroxylation is 1. The number of hydrogen-bond donors (Lipinski definition) is 2. The van der Waals surface area contributed by atoms with Crippen LogP contribution >= 0.6 is 12.2 Å². The molecule has 0 atom stereocenters. The first kappa shape index (κ1) is 14.2. The van der Waals surface area contributed by atoms with E-state index in [1.54, 1.807) is 0 Å². The van der Waals surface area contributed by atoms with Crippen molar-refractivity contribution in [3.05, 3.63) is 43.6 Å². The molecule has 3 heterocycles. The Bertz CT molecular complexity index is 801. The Morgan fingerprint density at radius 2 is 2.10 bits per heavy atom. The molecule has 0 radical (unpaired) electrons. The molecule has 2 aromatic heterocycles. The lowest BCUT2D eigenvalue weighted by Gasteiger charge is -2.27. The Balaban J connectivity index is 1.85. The summed E-state index contributed by atoms with van der Waals surface area (Å²) in [5.74, 6) is 1.04. The molecular formula is C14H19N5OS. The molecule has 0 amide bonds. The van der Waals surface area contributed by atoms with Crippen LogP contribution in [0.5, 0.6) is 0 Å². The van der Waals surface area contributed by atoms with E-state index in [9.17, 15) is 4.79 Å². The summed E-state index contributed by atoms with van der Waals surface area (Å²) in [6.07, 6.45) is 0.811. The second-order valence-electron chi connectivity index (χ2n) is 5.58. The molecule has 21 heavy (non-hydrogen) atoms. The monoisotopic (exact) mass is 305 g/mol. The molecule has 3 rings (SSSR count). The van der Waals surface area contributed by atoms with E-state index in [0.717, 1.165) is 42.3 Å². The average molecular weight is 305 g/mol. The third-order valence-electron chi connectivity index (χ3n) is 4.27. The summed E-state index contributed by atoms with van der Waals surface area (Å²) in [7, 11) is 2.03. The van der Waals surface area contributed by atoms with Gasteiger partial charge in [0.15, 0.2) is 4.77 Å². The van der Waals surface area contributed by atoms with Gasteiger partial charge in [0.1, 0.15) is 5.82 Å². The fraction of sp³-hybridized carbons (Fsp3) is 0.500. The average Bonchev–Trinajstić information content (AvgIpc) is 2.67. The maximum Gasteiger partial charge on any atom is 0.256 e. The quantitative estimate of drug-likeness (QED) is 0.822. The summed E-state index contributed by atoms with van der Waals surface area (Å²) in [6, 6.07) is 0. The molecule has 0 spiro atoms. The summed E-state index contributed by atoms with van der Waals surface area (Å²) in [4.78, 5) is 24.6. The van der Waals surface area contributed by atoms with Gasteiger partial charge < -0.3 is 9.55 Å². The van der Waals surface area contributed by atoms with Crippen LogP contribution in [0.4, 0.5) is 0 Å². The zero-order chi connectivity index (χ0) is 15.1. The fourth-order valence-electron chi connectivity index (χ4n) is 2.77. The van der Waals surface area contributed by atoms with Gasteiger partial charge in [0.25, 0.3) is 5.56 Å². The van der Waals surface area contributed by atoms with Crippen LogP contribution in [0.2, 0.25) is 0 Å². The van der Waals surface area contributed by atoms with Crippen LogP contribution in [0, 0.1) is 18.6 Å². The first-order chi connectivity index (χ1) is 9.95. The molecule has 0 saturated heterocycles. The van der Waals surface area contributed by atoms with Crippen molar-refractivity contribution < 1.29 is 0 Å². The van der Waals surface area contributed by atoms with Crippen LogP contribution < -0.4 is 5.56 Å². The molecule has 0 aliphatic carbocycles. The minimum atomic E-state index is -0.0781. The van der Waals surface area contributed by atoms with Crippen molar-refractivity contribution in [2.75, 3.05) is 6.54 Å². The number of imidazole rings is 1. The smallest absolute Gasteiger partial charge is 0.256 e. The van der Waals surface area contributed by atoms with Gasteiger partial charge in [-0.2, -0.15) is 0 Å². The molecule has 7 heteroatoms. The van der Waals surface area contributed by atoms with E-state index in [1.807, 2.05) is 14.0 Å². The maximum absolute atomic E-state index is 12.0. The van der Waals surface area contributed by atoms with E-state index in [0.29, 0.717) is 11.3 Å². The second kappa shape index (κ2) is 5.23. The van der Waals surface area contributed by atoms with E-state index >= 15 is 0 Å². The minimum absolute atomic E-state index is 0.0781. The van der Waals surface area contributed by atoms with Crippen molar-refractivity contribution in [1.29, 1.82) is 0 Å². The summed E-state index contributed by atoms with van der Waals surface area (Å²) < 4.78 is 2.52. The Kier molecular flexibility index (Phi) is 3.54. The van der Waals surface area contributed by atoms with Crippen LogP contribution in [0.3, 0.4) is 0 Å². The lowest BCUT2D eigenvalue weighted by Crippen LogP contribution is -2.35. The van der Waals surface area contributed by atoms with E-state index in [1.165, 1.54) is 5.69 Å². The number of fused-ring (bicyclic) bond motifs is 1. The van der Waals surface area contributed by atoms with E-state index in [2.05, 4.69) is 31.3 Å². The highest BCUT2D eigenvalue weighted by molar-refractivity contribution is 7.71. The standard InChI is InChI=1S/C14H19N5OS/c1-8-9(2)18(3)12(15-8)7-19-5-4-11-10(6-19)13(20)17-14(21)16-11/h4-7H2,1-3H3,(H2,16,17,20,21). The van der Waals surface area contributed by atoms with Gasteiger partial charge in [-0.05, 0) is 26.1 Å². The summed E-state index contributed by atoms with van der Waals surface area (Å²) in [5.41, 5.74) is 3.92. The number of aromatic amines is 2. The molecule has 0 bridgehead atoms.